The zero-order valence-electron chi connectivity index (χ0n) is 6.31. The van der Waals surface area contributed by atoms with Crippen LogP contribution in [-0.4, -0.2) is 25.8 Å². The van der Waals surface area contributed by atoms with E-state index in [1.165, 1.54) is 32.4 Å². The quantitative estimate of drug-likeness (QED) is 0.582. The van der Waals surface area contributed by atoms with Crippen LogP contribution >= 0.6 is 0 Å². The van der Waals surface area contributed by atoms with Crippen LogP contribution in [0.4, 0.5) is 0 Å². The molecule has 2 fully saturated rings. The van der Waals surface area contributed by atoms with Crippen LogP contribution in [0, 0.1) is 5.92 Å². The highest BCUT2D eigenvalue weighted by Gasteiger charge is 2.27. The summed E-state index contributed by atoms with van der Waals surface area (Å²) in [5.41, 5.74) is 0. The van der Waals surface area contributed by atoms with Crippen molar-refractivity contribution >= 4 is 0 Å². The molecule has 2 heteroatoms. The summed E-state index contributed by atoms with van der Waals surface area (Å²) in [5, 5.41) is 3.37. The average Bonchev–Trinajstić information content (AvgIpc) is 2.59. The Kier molecular flexibility index (Phi) is 1.91. The van der Waals surface area contributed by atoms with E-state index in [1.807, 2.05) is 0 Å². The molecule has 1 N–H and O–H groups in total. The van der Waals surface area contributed by atoms with Crippen molar-refractivity contribution < 1.29 is 4.74 Å². The first-order valence-corrected chi connectivity index (χ1v) is 4.29. The fourth-order valence-electron chi connectivity index (χ4n) is 1.97. The van der Waals surface area contributed by atoms with Gasteiger partial charge in [-0.3, -0.25) is 0 Å². The summed E-state index contributed by atoms with van der Waals surface area (Å²) < 4.78 is 5.60. The van der Waals surface area contributed by atoms with Gasteiger partial charge in [-0.1, -0.05) is 0 Å². The minimum Gasteiger partial charge on any atom is -0.378 e. The number of ether oxygens (including phenoxy) is 1. The summed E-state index contributed by atoms with van der Waals surface area (Å²) in [6, 6.07) is 0. The van der Waals surface area contributed by atoms with Gasteiger partial charge in [0.2, 0.25) is 0 Å². The maximum atomic E-state index is 5.60. The van der Waals surface area contributed by atoms with Gasteiger partial charge in [-0.05, 0) is 31.7 Å². The summed E-state index contributed by atoms with van der Waals surface area (Å²) in [4.78, 5) is 0. The molecule has 2 nitrogen and oxygen atoms in total. The number of hydrogen-bond donors (Lipinski definition) is 1. The summed E-state index contributed by atoms with van der Waals surface area (Å²) in [7, 11) is 0. The second-order valence-electron chi connectivity index (χ2n) is 3.30. The standard InChI is InChI=1S/C8H15NO/c1-2-8(10-5-1)7-3-4-9-6-7/h7-9H,1-6H2/t7-,8+/m1/s1. The lowest BCUT2D eigenvalue weighted by molar-refractivity contribution is 0.0700. The molecule has 0 radical (unpaired) electrons. The van der Waals surface area contributed by atoms with Crippen molar-refractivity contribution in [3.05, 3.63) is 0 Å². The fourth-order valence-corrected chi connectivity index (χ4v) is 1.97. The molecule has 0 amide bonds. The van der Waals surface area contributed by atoms with E-state index in [4.69, 9.17) is 4.74 Å². The van der Waals surface area contributed by atoms with Crippen molar-refractivity contribution in [3.63, 3.8) is 0 Å². The average molecular weight is 141 g/mol. The smallest absolute Gasteiger partial charge is 0.0616 e. The van der Waals surface area contributed by atoms with Gasteiger partial charge < -0.3 is 10.1 Å². The number of hydrogen-bond acceptors (Lipinski definition) is 2. The van der Waals surface area contributed by atoms with E-state index in [9.17, 15) is 0 Å². The fraction of sp³-hybridized carbons (Fsp3) is 1.00. The van der Waals surface area contributed by atoms with Gasteiger partial charge in [0.25, 0.3) is 0 Å². The van der Waals surface area contributed by atoms with E-state index >= 15 is 0 Å². The van der Waals surface area contributed by atoms with E-state index in [2.05, 4.69) is 5.32 Å². The van der Waals surface area contributed by atoms with Crippen molar-refractivity contribution in [2.75, 3.05) is 19.7 Å². The summed E-state index contributed by atoms with van der Waals surface area (Å²) in [6.45, 7) is 3.39. The van der Waals surface area contributed by atoms with Gasteiger partial charge in [-0.15, -0.1) is 0 Å². The van der Waals surface area contributed by atoms with Gasteiger partial charge in [0.1, 0.15) is 0 Å². The van der Waals surface area contributed by atoms with Gasteiger partial charge in [0.15, 0.2) is 0 Å². The Bertz CT molecular complexity index is 89.8. The lowest BCUT2D eigenvalue weighted by atomic mass is 10.00. The molecule has 58 valence electrons. The molecule has 0 aromatic rings. The third-order valence-corrected chi connectivity index (χ3v) is 2.59. The molecule has 0 unspecified atom stereocenters. The zero-order chi connectivity index (χ0) is 6.81. The molecule has 0 bridgehead atoms. The van der Waals surface area contributed by atoms with Gasteiger partial charge >= 0.3 is 0 Å². The van der Waals surface area contributed by atoms with Crippen LogP contribution in [-0.2, 0) is 4.74 Å². The molecular formula is C8H15NO. The number of rotatable bonds is 1. The third-order valence-electron chi connectivity index (χ3n) is 2.59. The molecule has 2 saturated heterocycles. The van der Waals surface area contributed by atoms with E-state index in [0.717, 1.165) is 12.5 Å². The first-order chi connectivity index (χ1) is 4.97. The lowest BCUT2D eigenvalue weighted by Crippen LogP contribution is -2.21. The van der Waals surface area contributed by atoms with Crippen LogP contribution < -0.4 is 5.32 Å². The highest BCUT2D eigenvalue weighted by atomic mass is 16.5. The van der Waals surface area contributed by atoms with Crippen molar-refractivity contribution in [2.45, 2.75) is 25.4 Å². The van der Waals surface area contributed by atoms with Crippen molar-refractivity contribution in [1.82, 2.24) is 5.32 Å². The SMILES string of the molecule is C1CO[C@H]([C@@H]2CCNC2)C1. The highest BCUT2D eigenvalue weighted by molar-refractivity contribution is 4.81. The molecule has 2 heterocycles. The van der Waals surface area contributed by atoms with E-state index < -0.39 is 0 Å². The molecular weight excluding hydrogens is 126 g/mol. The van der Waals surface area contributed by atoms with Crippen LogP contribution in [0.2, 0.25) is 0 Å². The van der Waals surface area contributed by atoms with Gasteiger partial charge in [-0.25, -0.2) is 0 Å². The topological polar surface area (TPSA) is 21.3 Å². The van der Waals surface area contributed by atoms with Crippen LogP contribution in [0.1, 0.15) is 19.3 Å². The van der Waals surface area contributed by atoms with Crippen LogP contribution in [0.3, 0.4) is 0 Å². The Labute approximate surface area is 61.9 Å². The molecule has 10 heavy (non-hydrogen) atoms. The largest absolute Gasteiger partial charge is 0.378 e. The Morgan fingerprint density at radius 2 is 2.30 bits per heavy atom. The first-order valence-electron chi connectivity index (χ1n) is 4.29. The zero-order valence-corrected chi connectivity index (χ0v) is 6.31. The molecule has 0 spiro atoms. The van der Waals surface area contributed by atoms with Crippen molar-refractivity contribution in [2.24, 2.45) is 5.92 Å². The summed E-state index contributed by atoms with van der Waals surface area (Å²) in [6.07, 6.45) is 4.49. The van der Waals surface area contributed by atoms with E-state index in [0.29, 0.717) is 6.10 Å². The minimum atomic E-state index is 0.593. The van der Waals surface area contributed by atoms with Crippen molar-refractivity contribution in [3.8, 4) is 0 Å². The first kappa shape index (κ1) is 6.62. The monoisotopic (exact) mass is 141 g/mol. The summed E-state index contributed by atoms with van der Waals surface area (Å²) >= 11 is 0. The molecule has 0 aliphatic carbocycles. The minimum absolute atomic E-state index is 0.593. The molecule has 2 atom stereocenters. The van der Waals surface area contributed by atoms with Gasteiger partial charge in [0, 0.05) is 13.2 Å². The Morgan fingerprint density at radius 1 is 1.30 bits per heavy atom. The normalized spacial score (nSPS) is 40.8. The van der Waals surface area contributed by atoms with Crippen molar-refractivity contribution in [1.29, 1.82) is 0 Å². The highest BCUT2D eigenvalue weighted by Crippen LogP contribution is 2.24. The predicted octanol–water partition coefficient (Wildman–Crippen LogP) is 0.775. The van der Waals surface area contributed by atoms with Crippen LogP contribution in [0.25, 0.3) is 0 Å². The summed E-state index contributed by atoms with van der Waals surface area (Å²) in [5.74, 6) is 0.822. The molecule has 2 aliphatic rings. The van der Waals surface area contributed by atoms with E-state index in [1.54, 1.807) is 0 Å². The predicted molar refractivity (Wildman–Crippen MR) is 40.0 cm³/mol. The lowest BCUT2D eigenvalue weighted by Gasteiger charge is -2.15. The van der Waals surface area contributed by atoms with Crippen LogP contribution in [0.15, 0.2) is 0 Å². The van der Waals surface area contributed by atoms with Gasteiger partial charge in [-0.2, -0.15) is 0 Å². The second kappa shape index (κ2) is 2.89. The Balaban J connectivity index is 1.85. The molecule has 2 aliphatic heterocycles. The Morgan fingerprint density at radius 3 is 2.90 bits per heavy atom. The third kappa shape index (κ3) is 1.18. The molecule has 0 aromatic heterocycles. The maximum absolute atomic E-state index is 5.60. The van der Waals surface area contributed by atoms with Gasteiger partial charge in [0.05, 0.1) is 6.10 Å². The molecule has 0 saturated carbocycles. The van der Waals surface area contributed by atoms with E-state index in [-0.39, 0.29) is 0 Å². The van der Waals surface area contributed by atoms with Crippen LogP contribution in [0.5, 0.6) is 0 Å². The Hall–Kier alpha value is -0.0800. The maximum Gasteiger partial charge on any atom is 0.0616 e. The molecule has 2 rings (SSSR count). The second-order valence-corrected chi connectivity index (χ2v) is 3.30. The number of nitrogens with one attached hydrogen (secondary N) is 1. The molecule has 0 aromatic carbocycles.